The highest BCUT2D eigenvalue weighted by Crippen LogP contribution is 2.15. The van der Waals surface area contributed by atoms with Crippen LogP contribution in [-0.2, 0) is 14.8 Å². The molecule has 8 heteroatoms. The number of nitrogens with two attached hydrogens (primary N) is 1. The summed E-state index contributed by atoms with van der Waals surface area (Å²) in [5, 5.41) is 4.33. The van der Waals surface area contributed by atoms with Gasteiger partial charge in [-0.15, -0.1) is 11.3 Å². The van der Waals surface area contributed by atoms with Gasteiger partial charge in [0.2, 0.25) is 5.91 Å². The van der Waals surface area contributed by atoms with Crippen LogP contribution in [0.4, 0.5) is 0 Å². The molecule has 0 fully saturated rings. The van der Waals surface area contributed by atoms with E-state index < -0.39 is 22.0 Å². The van der Waals surface area contributed by atoms with E-state index in [2.05, 4.69) is 10.0 Å². The Kier molecular flexibility index (Phi) is 5.89. The molecule has 6 nitrogen and oxygen atoms in total. The van der Waals surface area contributed by atoms with Crippen molar-refractivity contribution in [3.63, 3.8) is 0 Å². The third kappa shape index (κ3) is 4.87. The van der Waals surface area contributed by atoms with Crippen molar-refractivity contribution in [3.05, 3.63) is 53.4 Å². The molecule has 1 aromatic heterocycles. The number of benzene rings is 1. The number of sulfonamides is 1. The van der Waals surface area contributed by atoms with Gasteiger partial charge in [0.25, 0.3) is 10.0 Å². The molecule has 0 bridgehead atoms. The van der Waals surface area contributed by atoms with Crippen LogP contribution in [0.2, 0.25) is 0 Å². The summed E-state index contributed by atoms with van der Waals surface area (Å²) in [4.78, 5) is 12.0. The van der Waals surface area contributed by atoms with Crippen molar-refractivity contribution in [1.29, 1.82) is 0 Å². The second kappa shape index (κ2) is 7.69. The number of nitrogens with one attached hydrogen (secondary N) is 2. The van der Waals surface area contributed by atoms with E-state index in [0.717, 1.165) is 16.9 Å². The van der Waals surface area contributed by atoms with Gasteiger partial charge in [-0.1, -0.05) is 36.4 Å². The van der Waals surface area contributed by atoms with E-state index in [1.165, 1.54) is 13.0 Å². The smallest absolute Gasteiger partial charge is 0.250 e. The largest absolute Gasteiger partial charge is 0.353 e. The zero-order valence-electron chi connectivity index (χ0n) is 12.6. The van der Waals surface area contributed by atoms with Crippen LogP contribution in [0.25, 0.3) is 0 Å². The van der Waals surface area contributed by atoms with Gasteiger partial charge in [0.1, 0.15) is 4.21 Å². The maximum Gasteiger partial charge on any atom is 0.250 e. The van der Waals surface area contributed by atoms with Gasteiger partial charge in [-0.2, -0.15) is 4.72 Å². The van der Waals surface area contributed by atoms with Crippen molar-refractivity contribution in [2.45, 2.75) is 23.2 Å². The number of thiophene rings is 1. The number of amides is 1. The summed E-state index contributed by atoms with van der Waals surface area (Å²) >= 11 is 1.10. The van der Waals surface area contributed by atoms with Crippen molar-refractivity contribution in [3.8, 4) is 0 Å². The van der Waals surface area contributed by atoms with Crippen LogP contribution in [0.5, 0.6) is 0 Å². The quantitative estimate of drug-likeness (QED) is 0.697. The predicted molar refractivity (Wildman–Crippen MR) is 90.5 cm³/mol. The fourth-order valence-corrected chi connectivity index (χ4v) is 4.15. The Morgan fingerprint density at radius 2 is 1.91 bits per heavy atom. The van der Waals surface area contributed by atoms with Gasteiger partial charge >= 0.3 is 0 Å². The molecule has 124 valence electrons. The maximum absolute atomic E-state index is 12.1. The van der Waals surface area contributed by atoms with Crippen LogP contribution in [0.1, 0.15) is 18.5 Å². The molecule has 0 aliphatic heterocycles. The molecule has 1 heterocycles. The van der Waals surface area contributed by atoms with E-state index in [1.807, 2.05) is 30.3 Å². The fraction of sp³-hybridized carbons (Fsp3) is 0.267. The van der Waals surface area contributed by atoms with Gasteiger partial charge in [-0.25, -0.2) is 8.42 Å². The van der Waals surface area contributed by atoms with E-state index in [9.17, 15) is 13.2 Å². The summed E-state index contributed by atoms with van der Waals surface area (Å²) < 4.78 is 26.7. The van der Waals surface area contributed by atoms with E-state index in [0.29, 0.717) is 0 Å². The molecule has 0 aliphatic carbocycles. The highest BCUT2D eigenvalue weighted by atomic mass is 32.2. The van der Waals surface area contributed by atoms with Crippen molar-refractivity contribution < 1.29 is 13.2 Å². The van der Waals surface area contributed by atoms with Gasteiger partial charge in [0.05, 0.1) is 6.04 Å². The molecule has 0 saturated carbocycles. The Morgan fingerprint density at radius 3 is 2.52 bits per heavy atom. The minimum Gasteiger partial charge on any atom is -0.353 e. The van der Waals surface area contributed by atoms with Crippen molar-refractivity contribution in [2.75, 3.05) is 6.54 Å². The number of rotatable bonds is 7. The van der Waals surface area contributed by atoms with Crippen LogP contribution in [0.3, 0.4) is 0 Å². The summed E-state index contributed by atoms with van der Waals surface area (Å²) in [6, 6.07) is 11.3. The number of carbonyl (C=O) groups excluding carboxylic acids is 1. The summed E-state index contributed by atoms with van der Waals surface area (Å²) in [5.41, 5.74) is 6.90. The Balaban J connectivity index is 1.88. The van der Waals surface area contributed by atoms with Crippen LogP contribution in [-0.4, -0.2) is 26.9 Å². The molecular weight excluding hydrogens is 334 g/mol. The SMILES string of the molecule is CC(NS(=O)(=O)c1cccs1)C(=O)NCC(N)c1ccccc1. The lowest BCUT2D eigenvalue weighted by molar-refractivity contribution is -0.122. The van der Waals surface area contributed by atoms with E-state index in [-0.39, 0.29) is 16.8 Å². The molecule has 0 radical (unpaired) electrons. The van der Waals surface area contributed by atoms with Gasteiger partial charge in [-0.05, 0) is 23.9 Å². The molecule has 4 N–H and O–H groups in total. The van der Waals surface area contributed by atoms with Crippen molar-refractivity contribution in [1.82, 2.24) is 10.0 Å². The van der Waals surface area contributed by atoms with Crippen molar-refractivity contribution in [2.24, 2.45) is 5.73 Å². The zero-order valence-corrected chi connectivity index (χ0v) is 14.2. The third-order valence-corrected chi connectivity index (χ3v) is 6.15. The molecule has 1 amide bonds. The minimum absolute atomic E-state index is 0.179. The van der Waals surface area contributed by atoms with Gasteiger partial charge in [-0.3, -0.25) is 4.79 Å². The average molecular weight is 353 g/mol. The first-order valence-corrected chi connectivity index (χ1v) is 9.40. The standard InChI is InChI=1S/C15H19N3O3S2/c1-11(18-23(20,21)14-8-5-9-22-14)15(19)17-10-13(16)12-6-3-2-4-7-12/h2-9,11,13,18H,10,16H2,1H3,(H,17,19). The first kappa shape index (κ1) is 17.6. The minimum atomic E-state index is -3.68. The summed E-state index contributed by atoms with van der Waals surface area (Å²) in [6.07, 6.45) is 0. The fourth-order valence-electron chi connectivity index (χ4n) is 1.94. The van der Waals surface area contributed by atoms with Crippen LogP contribution < -0.4 is 15.8 Å². The lowest BCUT2D eigenvalue weighted by Gasteiger charge is -2.17. The highest BCUT2D eigenvalue weighted by Gasteiger charge is 2.22. The second-order valence-electron chi connectivity index (χ2n) is 5.04. The Hall–Kier alpha value is -1.74. The average Bonchev–Trinajstić information content (AvgIpc) is 3.08. The molecule has 0 aliphatic rings. The highest BCUT2D eigenvalue weighted by molar-refractivity contribution is 7.91. The maximum atomic E-state index is 12.1. The molecule has 0 spiro atoms. The third-order valence-electron chi connectivity index (χ3n) is 3.21. The Bertz CT molecular complexity index is 731. The molecule has 23 heavy (non-hydrogen) atoms. The van der Waals surface area contributed by atoms with Crippen LogP contribution in [0, 0.1) is 0 Å². The molecule has 2 unspecified atom stereocenters. The number of carbonyl (C=O) groups is 1. The molecule has 1 aromatic carbocycles. The zero-order chi connectivity index (χ0) is 16.9. The Morgan fingerprint density at radius 1 is 1.22 bits per heavy atom. The van der Waals surface area contributed by atoms with Crippen molar-refractivity contribution >= 4 is 27.3 Å². The predicted octanol–water partition coefficient (Wildman–Crippen LogP) is 1.23. The first-order valence-electron chi connectivity index (χ1n) is 7.04. The lowest BCUT2D eigenvalue weighted by Crippen LogP contribution is -2.46. The number of hydrogen-bond donors (Lipinski definition) is 3. The van der Waals surface area contributed by atoms with E-state index in [1.54, 1.807) is 11.4 Å². The number of hydrogen-bond acceptors (Lipinski definition) is 5. The first-order chi connectivity index (χ1) is 10.9. The van der Waals surface area contributed by atoms with E-state index >= 15 is 0 Å². The van der Waals surface area contributed by atoms with Gasteiger partial charge in [0, 0.05) is 12.6 Å². The monoisotopic (exact) mass is 353 g/mol. The summed E-state index contributed by atoms with van der Waals surface area (Å²) in [5.74, 6) is -0.420. The normalized spacial score (nSPS) is 14.2. The van der Waals surface area contributed by atoms with Crippen LogP contribution >= 0.6 is 11.3 Å². The Labute approximate surface area is 139 Å². The summed E-state index contributed by atoms with van der Waals surface area (Å²) in [6.45, 7) is 1.72. The van der Waals surface area contributed by atoms with E-state index in [4.69, 9.17) is 5.73 Å². The molecule has 2 atom stereocenters. The second-order valence-corrected chi connectivity index (χ2v) is 7.93. The molecular formula is C15H19N3O3S2. The molecule has 0 saturated heterocycles. The van der Waals surface area contributed by atoms with Crippen LogP contribution in [0.15, 0.2) is 52.1 Å². The topological polar surface area (TPSA) is 101 Å². The lowest BCUT2D eigenvalue weighted by atomic mass is 10.1. The van der Waals surface area contributed by atoms with Gasteiger partial charge < -0.3 is 11.1 Å². The van der Waals surface area contributed by atoms with Gasteiger partial charge in [0.15, 0.2) is 0 Å². The summed E-state index contributed by atoms with van der Waals surface area (Å²) in [7, 11) is -3.68. The molecule has 2 aromatic rings. The molecule has 2 rings (SSSR count).